The third-order valence-electron chi connectivity index (χ3n) is 2.36. The van der Waals surface area contributed by atoms with E-state index >= 15 is 0 Å². The zero-order chi connectivity index (χ0) is 8.10. The summed E-state index contributed by atoms with van der Waals surface area (Å²) in [6.45, 7) is 4.25. The largest absolute Gasteiger partial charge is 0.329 e. The Morgan fingerprint density at radius 2 is 2.33 bits per heavy atom. The Morgan fingerprint density at radius 1 is 1.58 bits per heavy atom. The standard InChI is InChI=1S/C8H19N3.ClH/c1-10-8-3-2-5-11(7-8)6-4-9;/h8,10H,2-7,9H2,1H3;1H. The lowest BCUT2D eigenvalue weighted by atomic mass is 10.1. The number of piperidine rings is 1. The summed E-state index contributed by atoms with van der Waals surface area (Å²) in [5.74, 6) is 0. The maximum atomic E-state index is 5.48. The molecule has 1 saturated heterocycles. The van der Waals surface area contributed by atoms with E-state index in [1.165, 1.54) is 25.9 Å². The van der Waals surface area contributed by atoms with Gasteiger partial charge in [-0.2, -0.15) is 0 Å². The first-order valence-electron chi connectivity index (χ1n) is 4.46. The molecule has 0 aromatic carbocycles. The summed E-state index contributed by atoms with van der Waals surface area (Å²) in [4.78, 5) is 2.44. The van der Waals surface area contributed by atoms with Crippen LogP contribution in [0, 0.1) is 0 Å². The summed E-state index contributed by atoms with van der Waals surface area (Å²) in [7, 11) is 2.04. The lowest BCUT2D eigenvalue weighted by Crippen LogP contribution is -2.45. The van der Waals surface area contributed by atoms with E-state index in [9.17, 15) is 0 Å². The highest BCUT2D eigenvalue weighted by atomic mass is 35.5. The van der Waals surface area contributed by atoms with Gasteiger partial charge in [0.15, 0.2) is 0 Å². The summed E-state index contributed by atoms with van der Waals surface area (Å²) in [6.07, 6.45) is 2.63. The highest BCUT2D eigenvalue weighted by Crippen LogP contribution is 2.08. The monoisotopic (exact) mass is 193 g/mol. The van der Waals surface area contributed by atoms with Gasteiger partial charge in [-0.1, -0.05) is 0 Å². The van der Waals surface area contributed by atoms with Gasteiger partial charge in [-0.05, 0) is 26.4 Å². The Labute approximate surface area is 81.1 Å². The molecule has 0 amide bonds. The molecule has 1 atom stereocenters. The summed E-state index contributed by atoms with van der Waals surface area (Å²) in [5, 5.41) is 3.31. The van der Waals surface area contributed by atoms with Crippen LogP contribution >= 0.6 is 12.4 Å². The van der Waals surface area contributed by atoms with E-state index in [1.54, 1.807) is 0 Å². The maximum Gasteiger partial charge on any atom is 0.0192 e. The van der Waals surface area contributed by atoms with Crippen molar-refractivity contribution in [3.63, 3.8) is 0 Å². The minimum Gasteiger partial charge on any atom is -0.329 e. The summed E-state index contributed by atoms with van der Waals surface area (Å²) in [6, 6.07) is 0.690. The number of nitrogens with one attached hydrogen (secondary N) is 1. The summed E-state index contributed by atoms with van der Waals surface area (Å²) >= 11 is 0. The second-order valence-electron chi connectivity index (χ2n) is 3.22. The van der Waals surface area contributed by atoms with Crippen molar-refractivity contribution < 1.29 is 0 Å². The first-order valence-corrected chi connectivity index (χ1v) is 4.46. The number of likely N-dealkylation sites (tertiary alicyclic amines) is 1. The van der Waals surface area contributed by atoms with Gasteiger partial charge >= 0.3 is 0 Å². The number of rotatable bonds is 3. The molecule has 4 heteroatoms. The number of likely N-dealkylation sites (N-methyl/N-ethyl adjacent to an activating group) is 1. The van der Waals surface area contributed by atoms with Crippen molar-refractivity contribution in [3.8, 4) is 0 Å². The van der Waals surface area contributed by atoms with Crippen molar-refractivity contribution in [3.05, 3.63) is 0 Å². The van der Waals surface area contributed by atoms with Gasteiger partial charge in [0.2, 0.25) is 0 Å². The lowest BCUT2D eigenvalue weighted by Gasteiger charge is -2.32. The number of hydrogen-bond donors (Lipinski definition) is 2. The molecule has 74 valence electrons. The number of halogens is 1. The molecule has 0 radical (unpaired) electrons. The van der Waals surface area contributed by atoms with Crippen molar-refractivity contribution in [2.75, 3.05) is 33.2 Å². The molecular formula is C8H20ClN3. The fourth-order valence-electron chi connectivity index (χ4n) is 1.68. The molecular weight excluding hydrogens is 174 g/mol. The van der Waals surface area contributed by atoms with Crippen LogP contribution in [-0.4, -0.2) is 44.2 Å². The normalized spacial score (nSPS) is 25.0. The molecule has 0 saturated carbocycles. The Morgan fingerprint density at radius 3 is 2.92 bits per heavy atom. The summed E-state index contributed by atoms with van der Waals surface area (Å²) < 4.78 is 0. The molecule has 0 spiro atoms. The zero-order valence-electron chi connectivity index (χ0n) is 7.75. The quantitative estimate of drug-likeness (QED) is 0.666. The van der Waals surface area contributed by atoms with Crippen molar-refractivity contribution in [2.45, 2.75) is 18.9 Å². The van der Waals surface area contributed by atoms with E-state index in [-0.39, 0.29) is 12.4 Å². The highest BCUT2D eigenvalue weighted by Gasteiger charge is 2.16. The molecule has 1 rings (SSSR count). The molecule has 1 aliphatic heterocycles. The Hall–Kier alpha value is 0.170. The average molecular weight is 194 g/mol. The Balaban J connectivity index is 0.00000121. The van der Waals surface area contributed by atoms with Gasteiger partial charge in [0.1, 0.15) is 0 Å². The van der Waals surface area contributed by atoms with Gasteiger partial charge in [0, 0.05) is 25.7 Å². The van der Waals surface area contributed by atoms with E-state index < -0.39 is 0 Å². The van der Waals surface area contributed by atoms with E-state index in [4.69, 9.17) is 5.73 Å². The van der Waals surface area contributed by atoms with Crippen LogP contribution in [0.1, 0.15) is 12.8 Å². The number of hydrogen-bond acceptors (Lipinski definition) is 3. The predicted molar refractivity (Wildman–Crippen MR) is 54.8 cm³/mol. The molecule has 1 aliphatic rings. The van der Waals surface area contributed by atoms with E-state index in [0.29, 0.717) is 6.04 Å². The van der Waals surface area contributed by atoms with Gasteiger partial charge in [0.25, 0.3) is 0 Å². The van der Waals surface area contributed by atoms with E-state index in [1.807, 2.05) is 7.05 Å². The van der Waals surface area contributed by atoms with E-state index in [0.717, 1.165) is 13.1 Å². The molecule has 1 fully saturated rings. The maximum absolute atomic E-state index is 5.48. The minimum absolute atomic E-state index is 0. The second-order valence-corrected chi connectivity index (χ2v) is 3.22. The van der Waals surface area contributed by atoms with Gasteiger partial charge < -0.3 is 16.0 Å². The van der Waals surface area contributed by atoms with Crippen LogP contribution < -0.4 is 11.1 Å². The molecule has 1 unspecified atom stereocenters. The zero-order valence-corrected chi connectivity index (χ0v) is 8.57. The molecule has 3 N–H and O–H groups in total. The van der Waals surface area contributed by atoms with Crippen molar-refractivity contribution >= 4 is 12.4 Å². The van der Waals surface area contributed by atoms with Crippen molar-refractivity contribution in [1.82, 2.24) is 10.2 Å². The number of nitrogens with two attached hydrogens (primary N) is 1. The van der Waals surface area contributed by atoms with Crippen LogP contribution in [0.2, 0.25) is 0 Å². The highest BCUT2D eigenvalue weighted by molar-refractivity contribution is 5.85. The van der Waals surface area contributed by atoms with Crippen LogP contribution in [0.4, 0.5) is 0 Å². The smallest absolute Gasteiger partial charge is 0.0192 e. The first-order chi connectivity index (χ1) is 5.36. The Bertz CT molecular complexity index is 108. The third-order valence-corrected chi connectivity index (χ3v) is 2.36. The van der Waals surface area contributed by atoms with Crippen LogP contribution in [0.3, 0.4) is 0 Å². The van der Waals surface area contributed by atoms with Gasteiger partial charge in [-0.15, -0.1) is 12.4 Å². The number of nitrogens with zero attached hydrogens (tertiary/aromatic N) is 1. The molecule has 0 aromatic rings. The van der Waals surface area contributed by atoms with Crippen molar-refractivity contribution in [1.29, 1.82) is 0 Å². The summed E-state index contributed by atoms with van der Waals surface area (Å²) in [5.41, 5.74) is 5.48. The first kappa shape index (κ1) is 12.2. The molecule has 0 aromatic heterocycles. The van der Waals surface area contributed by atoms with E-state index in [2.05, 4.69) is 10.2 Å². The average Bonchev–Trinajstić information content (AvgIpc) is 2.06. The lowest BCUT2D eigenvalue weighted by molar-refractivity contribution is 0.200. The van der Waals surface area contributed by atoms with Gasteiger partial charge in [-0.3, -0.25) is 0 Å². The van der Waals surface area contributed by atoms with Crippen LogP contribution in [-0.2, 0) is 0 Å². The van der Waals surface area contributed by atoms with Crippen molar-refractivity contribution in [2.24, 2.45) is 5.73 Å². The molecule has 3 nitrogen and oxygen atoms in total. The molecule has 12 heavy (non-hydrogen) atoms. The fourth-order valence-corrected chi connectivity index (χ4v) is 1.68. The Kier molecular flexibility index (Phi) is 6.76. The van der Waals surface area contributed by atoms with Crippen LogP contribution in [0.5, 0.6) is 0 Å². The predicted octanol–water partition coefficient (Wildman–Crippen LogP) is 0.0507. The third kappa shape index (κ3) is 3.72. The van der Waals surface area contributed by atoms with Gasteiger partial charge in [0.05, 0.1) is 0 Å². The van der Waals surface area contributed by atoms with Crippen LogP contribution in [0.25, 0.3) is 0 Å². The second kappa shape index (κ2) is 6.66. The topological polar surface area (TPSA) is 41.3 Å². The molecule has 0 aliphatic carbocycles. The van der Waals surface area contributed by atoms with Gasteiger partial charge in [-0.25, -0.2) is 0 Å². The minimum atomic E-state index is 0. The SMILES string of the molecule is CNC1CCCN(CCN)C1.Cl. The molecule has 1 heterocycles. The van der Waals surface area contributed by atoms with Crippen LogP contribution in [0.15, 0.2) is 0 Å². The molecule has 0 bridgehead atoms. The fraction of sp³-hybridized carbons (Fsp3) is 1.00.